The molecule has 2 saturated heterocycles. The number of anilines is 1. The summed E-state index contributed by atoms with van der Waals surface area (Å²) in [5, 5.41) is 8.95. The number of nitrogens with zero attached hydrogens (tertiary/aromatic N) is 4. The van der Waals surface area contributed by atoms with Gasteiger partial charge in [-0.05, 0) is 56.0 Å². The maximum Gasteiger partial charge on any atom is 0.227 e. The molecule has 2 aromatic rings. The van der Waals surface area contributed by atoms with Crippen LogP contribution in [0.2, 0.25) is 0 Å². The molecule has 0 radical (unpaired) electrons. The molecule has 1 amide bonds. The van der Waals surface area contributed by atoms with E-state index >= 15 is 0 Å². The standard InChI is InChI=1S/C22H28N4OS/c1-16-5-6-18(14-17(16)2)20-7-8-21(24-23-20)26-9-3-4-19(15-26)22(27)25-10-12-28-13-11-25/h5-8,14,19H,3-4,9-13,15H2,1-2H3. The van der Waals surface area contributed by atoms with Crippen LogP contribution >= 0.6 is 11.8 Å². The van der Waals surface area contributed by atoms with Crippen molar-refractivity contribution in [3.8, 4) is 11.3 Å². The van der Waals surface area contributed by atoms with E-state index in [1.54, 1.807) is 0 Å². The van der Waals surface area contributed by atoms with E-state index in [1.165, 1.54) is 11.1 Å². The second-order valence-electron chi connectivity index (χ2n) is 7.80. The minimum Gasteiger partial charge on any atom is -0.354 e. The fraction of sp³-hybridized carbons (Fsp3) is 0.500. The quantitative estimate of drug-likeness (QED) is 0.794. The Balaban J connectivity index is 1.44. The van der Waals surface area contributed by atoms with Crippen molar-refractivity contribution in [3.05, 3.63) is 41.5 Å². The zero-order valence-electron chi connectivity index (χ0n) is 16.7. The van der Waals surface area contributed by atoms with Gasteiger partial charge in [0.2, 0.25) is 5.91 Å². The van der Waals surface area contributed by atoms with Gasteiger partial charge in [0.05, 0.1) is 11.6 Å². The lowest BCUT2D eigenvalue weighted by molar-refractivity contribution is -0.135. The number of carbonyl (C=O) groups is 1. The molecule has 2 aliphatic rings. The van der Waals surface area contributed by atoms with Gasteiger partial charge in [-0.1, -0.05) is 12.1 Å². The van der Waals surface area contributed by atoms with Gasteiger partial charge in [0.15, 0.2) is 5.82 Å². The van der Waals surface area contributed by atoms with Crippen LogP contribution in [-0.2, 0) is 4.79 Å². The number of aryl methyl sites for hydroxylation is 2. The molecule has 0 bridgehead atoms. The van der Waals surface area contributed by atoms with Crippen molar-refractivity contribution in [2.45, 2.75) is 26.7 Å². The van der Waals surface area contributed by atoms with E-state index in [2.05, 4.69) is 52.0 Å². The highest BCUT2D eigenvalue weighted by Crippen LogP contribution is 2.26. The predicted molar refractivity (Wildman–Crippen MR) is 116 cm³/mol. The van der Waals surface area contributed by atoms with Crippen molar-refractivity contribution in [1.29, 1.82) is 0 Å². The van der Waals surface area contributed by atoms with Gasteiger partial charge in [-0.15, -0.1) is 10.2 Å². The summed E-state index contributed by atoms with van der Waals surface area (Å²) < 4.78 is 0. The van der Waals surface area contributed by atoms with Gasteiger partial charge in [0, 0.05) is 43.2 Å². The molecule has 6 heteroatoms. The third-order valence-electron chi connectivity index (χ3n) is 5.87. The third-order valence-corrected chi connectivity index (χ3v) is 6.81. The molecule has 2 aliphatic heterocycles. The normalized spacial score (nSPS) is 20.3. The number of aromatic nitrogens is 2. The molecule has 0 spiro atoms. The van der Waals surface area contributed by atoms with E-state index in [0.29, 0.717) is 5.91 Å². The van der Waals surface area contributed by atoms with Gasteiger partial charge < -0.3 is 9.80 Å². The molecule has 148 valence electrons. The number of thioether (sulfide) groups is 1. The van der Waals surface area contributed by atoms with Crippen LogP contribution in [0.5, 0.6) is 0 Å². The molecule has 2 fully saturated rings. The van der Waals surface area contributed by atoms with E-state index in [1.807, 2.05) is 23.9 Å². The smallest absolute Gasteiger partial charge is 0.227 e. The lowest BCUT2D eigenvalue weighted by Crippen LogP contribution is -2.47. The predicted octanol–water partition coefficient (Wildman–Crippen LogP) is 3.55. The summed E-state index contributed by atoms with van der Waals surface area (Å²) in [5.41, 5.74) is 4.53. The van der Waals surface area contributed by atoms with E-state index in [9.17, 15) is 4.79 Å². The van der Waals surface area contributed by atoms with Gasteiger partial charge in [-0.25, -0.2) is 0 Å². The van der Waals surface area contributed by atoms with Crippen molar-refractivity contribution in [2.75, 3.05) is 42.6 Å². The van der Waals surface area contributed by atoms with Gasteiger partial charge >= 0.3 is 0 Å². The Morgan fingerprint density at radius 1 is 1.04 bits per heavy atom. The number of benzene rings is 1. The molecule has 1 unspecified atom stereocenters. The van der Waals surface area contributed by atoms with Crippen molar-refractivity contribution in [1.82, 2.24) is 15.1 Å². The van der Waals surface area contributed by atoms with E-state index in [4.69, 9.17) is 0 Å². The van der Waals surface area contributed by atoms with Crippen molar-refractivity contribution < 1.29 is 4.79 Å². The Labute approximate surface area is 171 Å². The number of rotatable bonds is 3. The lowest BCUT2D eigenvalue weighted by atomic mass is 9.96. The van der Waals surface area contributed by atoms with Gasteiger partial charge in [0.25, 0.3) is 0 Å². The maximum absolute atomic E-state index is 12.9. The summed E-state index contributed by atoms with van der Waals surface area (Å²) in [5.74, 6) is 3.41. The van der Waals surface area contributed by atoms with E-state index < -0.39 is 0 Å². The van der Waals surface area contributed by atoms with Crippen LogP contribution in [0, 0.1) is 19.8 Å². The SMILES string of the molecule is Cc1ccc(-c2ccc(N3CCCC(C(=O)N4CCSCC4)C3)nn2)cc1C. The average molecular weight is 397 g/mol. The Kier molecular flexibility index (Phi) is 5.85. The van der Waals surface area contributed by atoms with Crippen LogP contribution in [0.4, 0.5) is 5.82 Å². The van der Waals surface area contributed by atoms with Crippen molar-refractivity contribution in [2.24, 2.45) is 5.92 Å². The summed E-state index contributed by atoms with van der Waals surface area (Å²) in [6.45, 7) is 7.71. The van der Waals surface area contributed by atoms with Crippen LogP contribution in [-0.4, -0.2) is 58.7 Å². The molecule has 1 aromatic heterocycles. The number of carbonyl (C=O) groups excluding carboxylic acids is 1. The van der Waals surface area contributed by atoms with E-state index in [0.717, 1.165) is 67.6 Å². The Bertz CT molecular complexity index is 833. The minimum absolute atomic E-state index is 0.0816. The Hall–Kier alpha value is -2.08. The summed E-state index contributed by atoms with van der Waals surface area (Å²) in [4.78, 5) is 17.2. The Morgan fingerprint density at radius 2 is 1.86 bits per heavy atom. The zero-order chi connectivity index (χ0) is 19.5. The Morgan fingerprint density at radius 3 is 2.57 bits per heavy atom. The number of hydrogen-bond acceptors (Lipinski definition) is 5. The summed E-state index contributed by atoms with van der Waals surface area (Å²) in [7, 11) is 0. The lowest BCUT2D eigenvalue weighted by Gasteiger charge is -2.36. The van der Waals surface area contributed by atoms with Gasteiger partial charge in [-0.3, -0.25) is 4.79 Å². The molecule has 0 N–H and O–H groups in total. The molecule has 0 saturated carbocycles. The fourth-order valence-electron chi connectivity index (χ4n) is 3.98. The first kappa shape index (κ1) is 19.2. The molecule has 3 heterocycles. The molecule has 5 nitrogen and oxygen atoms in total. The first-order valence-corrected chi connectivity index (χ1v) is 11.3. The largest absolute Gasteiger partial charge is 0.354 e. The average Bonchev–Trinajstić information content (AvgIpc) is 2.76. The van der Waals surface area contributed by atoms with Crippen LogP contribution in [0.3, 0.4) is 0 Å². The molecule has 0 aliphatic carbocycles. The van der Waals surface area contributed by atoms with E-state index in [-0.39, 0.29) is 5.92 Å². The third kappa shape index (κ3) is 4.17. The highest BCUT2D eigenvalue weighted by molar-refractivity contribution is 7.99. The number of amides is 1. The first-order chi connectivity index (χ1) is 13.6. The first-order valence-electron chi connectivity index (χ1n) is 10.1. The fourth-order valence-corrected chi connectivity index (χ4v) is 4.88. The monoisotopic (exact) mass is 396 g/mol. The van der Waals surface area contributed by atoms with Crippen LogP contribution in [0.25, 0.3) is 11.3 Å². The summed E-state index contributed by atoms with van der Waals surface area (Å²) >= 11 is 1.94. The van der Waals surface area contributed by atoms with Crippen LogP contribution < -0.4 is 4.90 Å². The van der Waals surface area contributed by atoms with Crippen molar-refractivity contribution >= 4 is 23.5 Å². The van der Waals surface area contributed by atoms with Crippen molar-refractivity contribution in [3.63, 3.8) is 0 Å². The molecular weight excluding hydrogens is 368 g/mol. The van der Waals surface area contributed by atoms with Crippen LogP contribution in [0.15, 0.2) is 30.3 Å². The van der Waals surface area contributed by atoms with Gasteiger partial charge in [-0.2, -0.15) is 11.8 Å². The number of piperidine rings is 1. The van der Waals surface area contributed by atoms with Crippen LogP contribution in [0.1, 0.15) is 24.0 Å². The summed E-state index contributed by atoms with van der Waals surface area (Å²) in [6, 6.07) is 10.5. The molecule has 1 atom stereocenters. The minimum atomic E-state index is 0.0816. The highest BCUT2D eigenvalue weighted by atomic mass is 32.2. The second-order valence-corrected chi connectivity index (χ2v) is 9.02. The molecule has 28 heavy (non-hydrogen) atoms. The second kappa shape index (κ2) is 8.52. The molecule has 4 rings (SSSR count). The van der Waals surface area contributed by atoms with Gasteiger partial charge in [0.1, 0.15) is 0 Å². The highest BCUT2D eigenvalue weighted by Gasteiger charge is 2.30. The maximum atomic E-state index is 12.9. The topological polar surface area (TPSA) is 49.3 Å². The number of hydrogen-bond donors (Lipinski definition) is 0. The zero-order valence-corrected chi connectivity index (χ0v) is 17.5. The molecular formula is C22H28N4OS. The summed E-state index contributed by atoms with van der Waals surface area (Å²) in [6.07, 6.45) is 2.01. The molecule has 1 aromatic carbocycles.